The van der Waals surface area contributed by atoms with E-state index in [-0.39, 0.29) is 24.3 Å². The topological polar surface area (TPSA) is 128 Å². The van der Waals surface area contributed by atoms with Gasteiger partial charge in [0.1, 0.15) is 11.5 Å². The minimum absolute atomic E-state index is 0.0578. The summed E-state index contributed by atoms with van der Waals surface area (Å²) in [5.74, 6) is -2.74. The third-order valence-electron chi connectivity index (χ3n) is 5.77. The van der Waals surface area contributed by atoms with Crippen LogP contribution in [0.25, 0.3) is 0 Å². The van der Waals surface area contributed by atoms with Gasteiger partial charge in [0.2, 0.25) is 5.91 Å². The number of carbonyl (C=O) groups excluding carboxylic acids is 5. The van der Waals surface area contributed by atoms with E-state index in [1.807, 2.05) is 0 Å². The van der Waals surface area contributed by atoms with Gasteiger partial charge in [0, 0.05) is 17.5 Å². The number of hydrazine groups is 1. The van der Waals surface area contributed by atoms with E-state index in [4.69, 9.17) is 14.2 Å². The second kappa shape index (κ2) is 11.8. The van der Waals surface area contributed by atoms with Crippen LogP contribution in [0, 0.1) is 5.92 Å². The number of methoxy groups -OCH3 is 1. The Bertz CT molecular complexity index is 1350. The first-order valence-corrected chi connectivity index (χ1v) is 11.7. The molecule has 0 unspecified atom stereocenters. The first-order valence-electron chi connectivity index (χ1n) is 11.7. The second-order valence-corrected chi connectivity index (χ2v) is 8.39. The van der Waals surface area contributed by atoms with Crippen LogP contribution < -0.4 is 14.9 Å². The van der Waals surface area contributed by atoms with Crippen LogP contribution >= 0.6 is 0 Å². The Balaban J connectivity index is 1.25. The molecule has 194 valence electrons. The number of hydrogen-bond donors (Lipinski definition) is 1. The number of benzene rings is 3. The monoisotopic (exact) mass is 516 g/mol. The van der Waals surface area contributed by atoms with E-state index in [1.54, 1.807) is 54.6 Å². The zero-order valence-corrected chi connectivity index (χ0v) is 20.4. The van der Waals surface area contributed by atoms with E-state index in [0.717, 1.165) is 5.01 Å². The highest BCUT2D eigenvalue weighted by molar-refractivity contribution is 5.99. The minimum atomic E-state index is -0.815. The van der Waals surface area contributed by atoms with E-state index < -0.39 is 42.1 Å². The maximum atomic E-state index is 12.5. The maximum Gasteiger partial charge on any atom is 0.343 e. The van der Waals surface area contributed by atoms with Crippen molar-refractivity contribution in [1.82, 2.24) is 10.4 Å². The molecular formula is C28H24N2O8. The molecule has 0 bridgehead atoms. The van der Waals surface area contributed by atoms with Gasteiger partial charge in [-0.25, -0.2) is 4.79 Å². The van der Waals surface area contributed by atoms with E-state index in [9.17, 15) is 24.0 Å². The number of carbonyl (C=O) groups is 5. The highest BCUT2D eigenvalue weighted by Crippen LogP contribution is 2.20. The lowest BCUT2D eigenvalue weighted by atomic mass is 10.1. The fraction of sp³-hybridized carbons (Fsp3) is 0.179. The summed E-state index contributed by atoms with van der Waals surface area (Å²) in [7, 11) is 1.49. The summed E-state index contributed by atoms with van der Waals surface area (Å²) in [6.45, 7) is -0.583. The van der Waals surface area contributed by atoms with Gasteiger partial charge >= 0.3 is 11.9 Å². The van der Waals surface area contributed by atoms with Gasteiger partial charge in [-0.15, -0.1) is 0 Å². The first-order chi connectivity index (χ1) is 18.3. The molecule has 2 amide bonds. The number of ether oxygens (including phenoxy) is 3. The zero-order chi connectivity index (χ0) is 27.1. The number of hydrogen-bond acceptors (Lipinski definition) is 8. The lowest BCUT2D eigenvalue weighted by molar-refractivity contribution is -0.147. The van der Waals surface area contributed by atoms with Crippen molar-refractivity contribution in [2.45, 2.75) is 6.42 Å². The molecule has 10 heteroatoms. The number of nitrogens with one attached hydrogen (secondary N) is 1. The van der Waals surface area contributed by atoms with Crippen molar-refractivity contribution in [3.63, 3.8) is 0 Å². The molecule has 1 aliphatic rings. The SMILES string of the molecule is COc1cccc(C(=O)Oc2ccc(C(=O)COC(=O)[C@H]3CC(=O)N(NC(=O)c4ccccc4)C3)cc2)c1. The summed E-state index contributed by atoms with van der Waals surface area (Å²) in [6.07, 6.45) is -0.143. The molecular weight excluding hydrogens is 492 g/mol. The number of ketones is 1. The van der Waals surface area contributed by atoms with Crippen LogP contribution in [-0.2, 0) is 14.3 Å². The molecule has 4 rings (SSSR count). The summed E-state index contributed by atoms with van der Waals surface area (Å²) in [5.41, 5.74) is 3.41. The molecule has 1 saturated heterocycles. The van der Waals surface area contributed by atoms with Gasteiger partial charge in [0.25, 0.3) is 5.91 Å². The first kappa shape index (κ1) is 26.1. The van der Waals surface area contributed by atoms with Crippen molar-refractivity contribution < 1.29 is 38.2 Å². The van der Waals surface area contributed by atoms with Gasteiger partial charge in [-0.1, -0.05) is 24.3 Å². The third-order valence-corrected chi connectivity index (χ3v) is 5.77. The number of Topliss-reactive ketones (excluding diaryl/α,β-unsaturated/α-hetero) is 1. The fourth-order valence-corrected chi connectivity index (χ4v) is 3.71. The van der Waals surface area contributed by atoms with Crippen molar-refractivity contribution >= 4 is 29.5 Å². The van der Waals surface area contributed by atoms with Crippen LogP contribution in [0.1, 0.15) is 37.5 Å². The molecule has 0 saturated carbocycles. The maximum absolute atomic E-state index is 12.5. The molecule has 0 radical (unpaired) electrons. The van der Waals surface area contributed by atoms with Gasteiger partial charge in [0.05, 0.1) is 25.1 Å². The molecule has 1 N–H and O–H groups in total. The molecule has 1 heterocycles. The van der Waals surface area contributed by atoms with E-state index in [2.05, 4.69) is 5.43 Å². The molecule has 38 heavy (non-hydrogen) atoms. The summed E-state index contributed by atoms with van der Waals surface area (Å²) in [4.78, 5) is 61.8. The summed E-state index contributed by atoms with van der Waals surface area (Å²) in [5, 5.41) is 1.08. The van der Waals surface area contributed by atoms with Gasteiger partial charge < -0.3 is 14.2 Å². The van der Waals surface area contributed by atoms with Gasteiger partial charge in [0.15, 0.2) is 12.4 Å². The van der Waals surface area contributed by atoms with E-state index in [1.165, 1.54) is 31.4 Å². The van der Waals surface area contributed by atoms with Crippen molar-refractivity contribution in [3.8, 4) is 11.5 Å². The highest BCUT2D eigenvalue weighted by Gasteiger charge is 2.36. The quantitative estimate of drug-likeness (QED) is 0.261. The molecule has 0 aliphatic carbocycles. The summed E-state index contributed by atoms with van der Waals surface area (Å²) >= 11 is 0. The van der Waals surface area contributed by atoms with Crippen LogP contribution in [-0.4, -0.2) is 54.8 Å². The molecule has 0 aromatic heterocycles. The fourth-order valence-electron chi connectivity index (χ4n) is 3.71. The standard InChI is InChI=1S/C28H24N2O8/c1-36-23-9-5-8-20(14-23)28(35)38-22-12-10-18(11-13-22)24(31)17-37-27(34)21-15-25(32)30(16-21)29-26(33)19-6-3-2-4-7-19/h2-14,21H,15-17H2,1H3,(H,29,33)/t21-/m0/s1. The van der Waals surface area contributed by atoms with Crippen LogP contribution in [0.2, 0.25) is 0 Å². The van der Waals surface area contributed by atoms with E-state index >= 15 is 0 Å². The lowest BCUT2D eigenvalue weighted by Crippen LogP contribution is -2.43. The Hall–Kier alpha value is -4.99. The highest BCUT2D eigenvalue weighted by atomic mass is 16.5. The normalized spacial score (nSPS) is 14.5. The van der Waals surface area contributed by atoms with Crippen LogP contribution in [0.15, 0.2) is 78.9 Å². The average molecular weight is 517 g/mol. The predicted octanol–water partition coefficient (Wildman–Crippen LogP) is 2.83. The van der Waals surface area contributed by atoms with Gasteiger partial charge in [-0.05, 0) is 54.6 Å². The Morgan fingerprint density at radius 2 is 1.58 bits per heavy atom. The number of amides is 2. The third kappa shape index (κ3) is 6.41. The van der Waals surface area contributed by atoms with Crippen LogP contribution in [0.3, 0.4) is 0 Å². The van der Waals surface area contributed by atoms with Gasteiger partial charge in [-0.3, -0.25) is 29.6 Å². The van der Waals surface area contributed by atoms with Crippen molar-refractivity contribution in [2.24, 2.45) is 5.92 Å². The molecule has 3 aromatic rings. The number of nitrogens with zero attached hydrogens (tertiary/aromatic N) is 1. The predicted molar refractivity (Wildman–Crippen MR) is 133 cm³/mol. The van der Waals surface area contributed by atoms with Crippen molar-refractivity contribution in [2.75, 3.05) is 20.3 Å². The molecule has 1 aliphatic heterocycles. The van der Waals surface area contributed by atoms with Crippen LogP contribution in [0.4, 0.5) is 0 Å². The largest absolute Gasteiger partial charge is 0.497 e. The van der Waals surface area contributed by atoms with Crippen LogP contribution in [0.5, 0.6) is 11.5 Å². The smallest absolute Gasteiger partial charge is 0.343 e. The lowest BCUT2D eigenvalue weighted by Gasteiger charge is -2.17. The minimum Gasteiger partial charge on any atom is -0.497 e. The average Bonchev–Trinajstić information content (AvgIpc) is 3.32. The molecule has 1 atom stereocenters. The van der Waals surface area contributed by atoms with E-state index in [0.29, 0.717) is 16.9 Å². The Kier molecular flexibility index (Phi) is 8.12. The summed E-state index contributed by atoms with van der Waals surface area (Å²) in [6, 6.07) is 20.7. The van der Waals surface area contributed by atoms with Gasteiger partial charge in [-0.2, -0.15) is 0 Å². The Morgan fingerprint density at radius 1 is 0.868 bits per heavy atom. The summed E-state index contributed by atoms with van der Waals surface area (Å²) < 4.78 is 15.5. The second-order valence-electron chi connectivity index (χ2n) is 8.39. The number of rotatable bonds is 9. The molecule has 10 nitrogen and oxygen atoms in total. The zero-order valence-electron chi connectivity index (χ0n) is 20.4. The number of esters is 2. The molecule has 3 aromatic carbocycles. The molecule has 1 fully saturated rings. The van der Waals surface area contributed by atoms with Crippen molar-refractivity contribution in [1.29, 1.82) is 0 Å². The Morgan fingerprint density at radius 3 is 2.29 bits per heavy atom. The van der Waals surface area contributed by atoms with Crippen molar-refractivity contribution in [3.05, 3.63) is 95.6 Å². The Labute approximate surface area is 218 Å². The molecule has 0 spiro atoms.